The van der Waals surface area contributed by atoms with Crippen LogP contribution in [-0.4, -0.2) is 41.6 Å². The summed E-state index contributed by atoms with van der Waals surface area (Å²) < 4.78 is 90.4. The standard InChI is InChI=1S/C30H25F6NO4S/c1-41-22-9-5-6-10-23(22)42-24-13-11-19(26(29(31,32)33)27(24)30(34,35)36)12-14-25(38)37-16-15-20(17-21(37)28(39)40)18-7-3-2-4-8-18/h2-14,20-21H,15-17H2,1H3,(H,39,40)/b14-12+. The molecular formula is C30H25F6NO4S. The van der Waals surface area contributed by atoms with Crippen molar-refractivity contribution in [3.63, 3.8) is 0 Å². The number of ether oxygens (including phenoxy) is 1. The molecule has 0 aliphatic carbocycles. The maximum absolute atomic E-state index is 14.2. The lowest BCUT2D eigenvalue weighted by Gasteiger charge is -2.37. The van der Waals surface area contributed by atoms with Gasteiger partial charge in [-0.05, 0) is 54.2 Å². The number of halogens is 6. The predicted molar refractivity (Wildman–Crippen MR) is 144 cm³/mol. The molecule has 0 bridgehead atoms. The summed E-state index contributed by atoms with van der Waals surface area (Å²) in [6.07, 6.45) is -8.98. The quantitative estimate of drug-likeness (QED) is 0.219. The highest BCUT2D eigenvalue weighted by Gasteiger charge is 2.46. The molecule has 1 heterocycles. The Kier molecular flexibility index (Phi) is 9.24. The van der Waals surface area contributed by atoms with Crippen LogP contribution in [-0.2, 0) is 21.9 Å². The van der Waals surface area contributed by atoms with Crippen LogP contribution >= 0.6 is 11.8 Å². The lowest BCUT2D eigenvalue weighted by atomic mass is 9.85. The molecule has 1 N–H and O–H groups in total. The fourth-order valence-corrected chi connectivity index (χ4v) is 6.07. The predicted octanol–water partition coefficient (Wildman–Crippen LogP) is 7.76. The van der Waals surface area contributed by atoms with Crippen LogP contribution in [0.5, 0.6) is 5.75 Å². The summed E-state index contributed by atoms with van der Waals surface area (Å²) in [5.41, 5.74) is -3.82. The van der Waals surface area contributed by atoms with E-state index in [0.717, 1.165) is 22.6 Å². The number of methoxy groups -OCH3 is 1. The third-order valence-corrected chi connectivity index (χ3v) is 8.02. The molecule has 222 valence electrons. The molecule has 1 aliphatic rings. The molecule has 0 saturated carbocycles. The van der Waals surface area contributed by atoms with Gasteiger partial charge in [0.2, 0.25) is 5.91 Å². The SMILES string of the molecule is COc1ccccc1Sc1ccc(/C=C/C(=O)N2CCC(c3ccccc3)CC2C(=O)O)c(C(F)(F)F)c1C(F)(F)F. The number of amides is 1. The zero-order valence-corrected chi connectivity index (χ0v) is 22.9. The Balaban J connectivity index is 1.68. The average molecular weight is 610 g/mol. The Hall–Kier alpha value is -3.93. The van der Waals surface area contributed by atoms with Crippen LogP contribution in [0.3, 0.4) is 0 Å². The van der Waals surface area contributed by atoms with E-state index in [1.807, 2.05) is 18.2 Å². The van der Waals surface area contributed by atoms with Gasteiger partial charge in [0.05, 0.1) is 23.1 Å². The van der Waals surface area contributed by atoms with Crippen molar-refractivity contribution in [1.82, 2.24) is 4.90 Å². The molecule has 12 heteroatoms. The number of carboxylic acids is 1. The first-order valence-corrected chi connectivity index (χ1v) is 13.5. The van der Waals surface area contributed by atoms with Gasteiger partial charge in [-0.25, -0.2) is 4.79 Å². The van der Waals surface area contributed by atoms with E-state index in [-0.39, 0.29) is 29.5 Å². The number of rotatable bonds is 7. The average Bonchev–Trinajstić information content (AvgIpc) is 2.95. The van der Waals surface area contributed by atoms with Gasteiger partial charge < -0.3 is 14.7 Å². The van der Waals surface area contributed by atoms with Crippen LogP contribution < -0.4 is 4.74 Å². The molecule has 42 heavy (non-hydrogen) atoms. The van der Waals surface area contributed by atoms with Crippen LogP contribution in [0.4, 0.5) is 26.3 Å². The van der Waals surface area contributed by atoms with Crippen molar-refractivity contribution < 1.29 is 45.8 Å². The molecule has 5 nitrogen and oxygen atoms in total. The zero-order valence-electron chi connectivity index (χ0n) is 22.1. The van der Waals surface area contributed by atoms with Crippen LogP contribution in [0.2, 0.25) is 0 Å². The van der Waals surface area contributed by atoms with E-state index < -0.39 is 51.9 Å². The van der Waals surface area contributed by atoms with Gasteiger partial charge in [0.15, 0.2) is 0 Å². The summed E-state index contributed by atoms with van der Waals surface area (Å²) in [5.74, 6) is -2.17. The number of carbonyl (C=O) groups excluding carboxylic acids is 1. The van der Waals surface area contributed by atoms with Crippen LogP contribution in [0.15, 0.2) is 82.6 Å². The molecule has 0 radical (unpaired) electrons. The Morgan fingerprint density at radius 2 is 1.55 bits per heavy atom. The van der Waals surface area contributed by atoms with Gasteiger partial charge in [-0.2, -0.15) is 26.3 Å². The fourth-order valence-electron chi connectivity index (χ4n) is 4.98. The Morgan fingerprint density at radius 3 is 2.17 bits per heavy atom. The second-order valence-corrected chi connectivity index (χ2v) is 10.6. The third kappa shape index (κ3) is 6.92. The number of carbonyl (C=O) groups is 2. The van der Waals surface area contributed by atoms with Gasteiger partial charge in [0, 0.05) is 17.5 Å². The van der Waals surface area contributed by atoms with E-state index in [1.165, 1.54) is 25.3 Å². The first kappa shape index (κ1) is 31.0. The van der Waals surface area contributed by atoms with Crippen molar-refractivity contribution in [1.29, 1.82) is 0 Å². The Labute approximate surface area is 241 Å². The summed E-state index contributed by atoms with van der Waals surface area (Å²) in [6, 6.07) is 15.6. The number of benzene rings is 3. The largest absolute Gasteiger partial charge is 0.496 e. The van der Waals surface area contributed by atoms with Crippen molar-refractivity contribution in [2.75, 3.05) is 13.7 Å². The summed E-state index contributed by atoms with van der Waals surface area (Å²) >= 11 is 0.471. The Bertz CT molecular complexity index is 1470. The van der Waals surface area contributed by atoms with E-state index in [9.17, 15) is 41.0 Å². The second kappa shape index (κ2) is 12.5. The van der Waals surface area contributed by atoms with Gasteiger partial charge in [0.25, 0.3) is 0 Å². The Morgan fingerprint density at radius 1 is 0.905 bits per heavy atom. The minimum atomic E-state index is -5.43. The molecule has 1 fully saturated rings. The van der Waals surface area contributed by atoms with E-state index in [1.54, 1.807) is 18.2 Å². The highest BCUT2D eigenvalue weighted by atomic mass is 32.2. The number of likely N-dealkylation sites (tertiary alicyclic amines) is 1. The molecule has 0 spiro atoms. The zero-order chi connectivity index (χ0) is 30.7. The van der Waals surface area contributed by atoms with Crippen LogP contribution in [0.1, 0.15) is 41.0 Å². The van der Waals surface area contributed by atoms with Crippen molar-refractivity contribution in [3.8, 4) is 5.75 Å². The number of hydrogen-bond donors (Lipinski definition) is 1. The summed E-state index contributed by atoms with van der Waals surface area (Å²) in [5, 5.41) is 9.77. The van der Waals surface area contributed by atoms with Crippen LogP contribution in [0, 0.1) is 0 Å². The highest BCUT2D eigenvalue weighted by molar-refractivity contribution is 7.99. The molecule has 2 unspecified atom stereocenters. The monoisotopic (exact) mass is 609 g/mol. The molecule has 3 aromatic rings. The van der Waals surface area contributed by atoms with E-state index >= 15 is 0 Å². The first-order chi connectivity index (χ1) is 19.8. The second-order valence-electron chi connectivity index (χ2n) is 9.50. The molecule has 1 aliphatic heterocycles. The number of nitrogens with zero attached hydrogens (tertiary/aromatic N) is 1. The van der Waals surface area contributed by atoms with Crippen molar-refractivity contribution in [2.45, 2.75) is 46.9 Å². The minimum Gasteiger partial charge on any atom is -0.496 e. The summed E-state index contributed by atoms with van der Waals surface area (Å²) in [7, 11) is 1.29. The van der Waals surface area contributed by atoms with Gasteiger partial charge in [-0.1, -0.05) is 60.3 Å². The number of piperidine rings is 1. The molecule has 0 aromatic heterocycles. The van der Waals surface area contributed by atoms with Gasteiger partial charge in [-0.15, -0.1) is 0 Å². The number of hydrogen-bond acceptors (Lipinski definition) is 4. The van der Waals surface area contributed by atoms with Crippen molar-refractivity contribution >= 4 is 29.7 Å². The molecule has 4 rings (SSSR count). The summed E-state index contributed by atoms with van der Waals surface area (Å²) in [6.45, 7) is 0.00805. The maximum atomic E-state index is 14.2. The summed E-state index contributed by atoms with van der Waals surface area (Å²) in [4.78, 5) is 25.5. The molecule has 2 atom stereocenters. The number of carboxylic acid groups (broad SMARTS) is 1. The van der Waals surface area contributed by atoms with E-state index in [4.69, 9.17) is 4.74 Å². The number of aliphatic carboxylic acids is 1. The minimum absolute atomic E-state index is 0.00805. The van der Waals surface area contributed by atoms with E-state index in [2.05, 4.69) is 0 Å². The highest BCUT2D eigenvalue weighted by Crippen LogP contribution is 2.49. The van der Waals surface area contributed by atoms with Crippen molar-refractivity contribution in [2.24, 2.45) is 0 Å². The van der Waals surface area contributed by atoms with Gasteiger partial charge in [0.1, 0.15) is 11.8 Å². The van der Waals surface area contributed by atoms with E-state index in [0.29, 0.717) is 30.3 Å². The molecular weight excluding hydrogens is 584 g/mol. The number of alkyl halides is 6. The fraction of sp³-hybridized carbons (Fsp3) is 0.267. The lowest BCUT2D eigenvalue weighted by molar-refractivity contribution is -0.163. The molecule has 1 amide bonds. The maximum Gasteiger partial charge on any atom is 0.418 e. The smallest absolute Gasteiger partial charge is 0.418 e. The topological polar surface area (TPSA) is 66.8 Å². The van der Waals surface area contributed by atoms with Crippen LogP contribution in [0.25, 0.3) is 6.08 Å². The van der Waals surface area contributed by atoms with Gasteiger partial charge >= 0.3 is 18.3 Å². The first-order valence-electron chi connectivity index (χ1n) is 12.7. The molecule has 1 saturated heterocycles. The van der Waals surface area contributed by atoms with Crippen molar-refractivity contribution in [3.05, 3.63) is 95.1 Å². The molecule has 3 aromatic carbocycles. The van der Waals surface area contributed by atoms with Gasteiger partial charge in [-0.3, -0.25) is 4.79 Å². The normalized spacial score (nSPS) is 17.8. The third-order valence-electron chi connectivity index (χ3n) is 6.90. The number of para-hydroxylation sites is 1. The lowest BCUT2D eigenvalue weighted by Crippen LogP contribution is -2.49.